The highest BCUT2D eigenvalue weighted by Crippen LogP contribution is 2.23. The van der Waals surface area contributed by atoms with E-state index in [1.165, 1.54) is 25.7 Å². The first kappa shape index (κ1) is 15.9. The summed E-state index contributed by atoms with van der Waals surface area (Å²) in [5, 5.41) is 3.50. The molecule has 0 spiro atoms. The molecule has 3 heteroatoms. The SMILES string of the molecule is COC1CCCC(OCCCCNC(C)(C)C)C1. The molecule has 18 heavy (non-hydrogen) atoms. The highest BCUT2D eigenvalue weighted by Gasteiger charge is 2.21. The molecule has 1 rings (SSSR count). The van der Waals surface area contributed by atoms with Crippen LogP contribution in [0.15, 0.2) is 0 Å². The van der Waals surface area contributed by atoms with E-state index in [0.717, 1.165) is 26.0 Å². The van der Waals surface area contributed by atoms with Crippen LogP contribution in [-0.4, -0.2) is 38.0 Å². The maximum absolute atomic E-state index is 5.94. The van der Waals surface area contributed by atoms with Gasteiger partial charge in [-0.15, -0.1) is 0 Å². The molecule has 0 bridgehead atoms. The molecule has 1 fully saturated rings. The lowest BCUT2D eigenvalue weighted by molar-refractivity contribution is -0.0302. The second-order valence-electron chi connectivity index (χ2n) is 6.40. The van der Waals surface area contributed by atoms with Crippen molar-refractivity contribution in [3.05, 3.63) is 0 Å². The molecule has 3 nitrogen and oxygen atoms in total. The molecule has 0 heterocycles. The summed E-state index contributed by atoms with van der Waals surface area (Å²) in [7, 11) is 1.81. The lowest BCUT2D eigenvalue weighted by Crippen LogP contribution is -2.36. The monoisotopic (exact) mass is 257 g/mol. The minimum Gasteiger partial charge on any atom is -0.381 e. The van der Waals surface area contributed by atoms with Gasteiger partial charge >= 0.3 is 0 Å². The zero-order valence-electron chi connectivity index (χ0n) is 12.6. The molecule has 0 aromatic heterocycles. The quantitative estimate of drug-likeness (QED) is 0.711. The van der Waals surface area contributed by atoms with Crippen LogP contribution in [0.1, 0.15) is 59.3 Å². The predicted octanol–water partition coefficient (Wildman–Crippen LogP) is 3.13. The summed E-state index contributed by atoms with van der Waals surface area (Å²) >= 11 is 0. The first-order chi connectivity index (χ1) is 8.51. The average Bonchev–Trinajstić information content (AvgIpc) is 2.32. The van der Waals surface area contributed by atoms with Gasteiger partial charge < -0.3 is 14.8 Å². The Hall–Kier alpha value is -0.120. The van der Waals surface area contributed by atoms with E-state index >= 15 is 0 Å². The Balaban J connectivity index is 1.97. The van der Waals surface area contributed by atoms with E-state index in [1.54, 1.807) is 0 Å². The molecule has 108 valence electrons. The van der Waals surface area contributed by atoms with Crippen molar-refractivity contribution >= 4 is 0 Å². The molecule has 1 N–H and O–H groups in total. The summed E-state index contributed by atoms with van der Waals surface area (Å²) in [5.74, 6) is 0. The summed E-state index contributed by atoms with van der Waals surface area (Å²) in [6.45, 7) is 8.59. The van der Waals surface area contributed by atoms with Crippen LogP contribution in [0.4, 0.5) is 0 Å². The van der Waals surface area contributed by atoms with Crippen LogP contribution in [0.5, 0.6) is 0 Å². The number of unbranched alkanes of at least 4 members (excludes halogenated alkanes) is 1. The van der Waals surface area contributed by atoms with Crippen molar-refractivity contribution < 1.29 is 9.47 Å². The molecular weight excluding hydrogens is 226 g/mol. The number of ether oxygens (including phenoxy) is 2. The summed E-state index contributed by atoms with van der Waals surface area (Å²) in [4.78, 5) is 0. The Morgan fingerprint density at radius 3 is 2.50 bits per heavy atom. The molecule has 0 saturated heterocycles. The fourth-order valence-corrected chi connectivity index (χ4v) is 2.41. The van der Waals surface area contributed by atoms with Crippen molar-refractivity contribution in [3.8, 4) is 0 Å². The molecular formula is C15H31NO2. The van der Waals surface area contributed by atoms with Gasteiger partial charge in [-0.1, -0.05) is 0 Å². The van der Waals surface area contributed by atoms with Crippen LogP contribution >= 0.6 is 0 Å². The average molecular weight is 257 g/mol. The highest BCUT2D eigenvalue weighted by molar-refractivity contribution is 4.73. The molecule has 1 aliphatic carbocycles. The first-order valence-corrected chi connectivity index (χ1v) is 7.40. The summed E-state index contributed by atoms with van der Waals surface area (Å²) in [5.41, 5.74) is 0.232. The zero-order chi connectivity index (χ0) is 13.4. The van der Waals surface area contributed by atoms with E-state index in [0.29, 0.717) is 12.2 Å². The Labute approximate surface area is 113 Å². The number of hydrogen-bond acceptors (Lipinski definition) is 3. The fraction of sp³-hybridized carbons (Fsp3) is 1.00. The van der Waals surface area contributed by atoms with E-state index in [-0.39, 0.29) is 5.54 Å². The molecule has 0 aromatic rings. The molecule has 2 unspecified atom stereocenters. The second-order valence-corrected chi connectivity index (χ2v) is 6.40. The smallest absolute Gasteiger partial charge is 0.0599 e. The highest BCUT2D eigenvalue weighted by atomic mass is 16.5. The summed E-state index contributed by atoms with van der Waals surface area (Å²) in [6.07, 6.45) is 7.93. The van der Waals surface area contributed by atoms with Crippen molar-refractivity contribution in [1.82, 2.24) is 5.32 Å². The first-order valence-electron chi connectivity index (χ1n) is 7.40. The fourth-order valence-electron chi connectivity index (χ4n) is 2.41. The van der Waals surface area contributed by atoms with E-state index < -0.39 is 0 Å². The molecule has 1 saturated carbocycles. The van der Waals surface area contributed by atoms with Gasteiger partial charge in [-0.3, -0.25) is 0 Å². The molecule has 0 amide bonds. The van der Waals surface area contributed by atoms with Crippen LogP contribution in [0.3, 0.4) is 0 Å². The number of rotatable bonds is 7. The molecule has 2 atom stereocenters. The maximum Gasteiger partial charge on any atom is 0.0599 e. The topological polar surface area (TPSA) is 30.5 Å². The maximum atomic E-state index is 5.94. The van der Waals surface area contributed by atoms with Gasteiger partial charge in [0.05, 0.1) is 12.2 Å². The molecule has 0 aliphatic heterocycles. The van der Waals surface area contributed by atoms with Gasteiger partial charge in [-0.2, -0.15) is 0 Å². The third-order valence-corrected chi connectivity index (χ3v) is 3.49. The second kappa shape index (κ2) is 8.13. The summed E-state index contributed by atoms with van der Waals surface area (Å²) < 4.78 is 11.4. The van der Waals surface area contributed by atoms with Crippen LogP contribution in [0.25, 0.3) is 0 Å². The minimum absolute atomic E-state index is 0.232. The van der Waals surface area contributed by atoms with Crippen molar-refractivity contribution in [1.29, 1.82) is 0 Å². The predicted molar refractivity (Wildman–Crippen MR) is 76.0 cm³/mol. The third-order valence-electron chi connectivity index (χ3n) is 3.49. The number of methoxy groups -OCH3 is 1. The van der Waals surface area contributed by atoms with Crippen molar-refractivity contribution in [3.63, 3.8) is 0 Å². The minimum atomic E-state index is 0.232. The van der Waals surface area contributed by atoms with Crippen LogP contribution < -0.4 is 5.32 Å². The van der Waals surface area contributed by atoms with Gasteiger partial charge in [0.25, 0.3) is 0 Å². The standard InChI is InChI=1S/C15H31NO2/c1-15(2,3)16-10-5-6-11-18-14-9-7-8-13(12-14)17-4/h13-14,16H,5-12H2,1-4H3. The number of hydrogen-bond donors (Lipinski definition) is 1. The van der Waals surface area contributed by atoms with Crippen LogP contribution in [-0.2, 0) is 9.47 Å². The van der Waals surface area contributed by atoms with Crippen LogP contribution in [0.2, 0.25) is 0 Å². The van der Waals surface area contributed by atoms with Crippen molar-refractivity contribution in [2.45, 2.75) is 77.0 Å². The number of nitrogens with one attached hydrogen (secondary N) is 1. The van der Waals surface area contributed by atoms with E-state index in [2.05, 4.69) is 26.1 Å². The summed E-state index contributed by atoms with van der Waals surface area (Å²) in [6, 6.07) is 0. The van der Waals surface area contributed by atoms with E-state index in [9.17, 15) is 0 Å². The zero-order valence-corrected chi connectivity index (χ0v) is 12.6. The normalized spacial score (nSPS) is 25.3. The molecule has 0 aromatic carbocycles. The Morgan fingerprint density at radius 2 is 1.83 bits per heavy atom. The Morgan fingerprint density at radius 1 is 1.11 bits per heavy atom. The van der Waals surface area contributed by atoms with Crippen molar-refractivity contribution in [2.75, 3.05) is 20.3 Å². The van der Waals surface area contributed by atoms with Gasteiger partial charge in [0.1, 0.15) is 0 Å². The lowest BCUT2D eigenvalue weighted by atomic mass is 9.95. The van der Waals surface area contributed by atoms with Gasteiger partial charge in [0.15, 0.2) is 0 Å². The lowest BCUT2D eigenvalue weighted by Gasteiger charge is -2.28. The molecule has 1 aliphatic rings. The Bertz CT molecular complexity index is 213. The third kappa shape index (κ3) is 7.34. The Kier molecular flexibility index (Phi) is 7.20. The van der Waals surface area contributed by atoms with E-state index in [1.807, 2.05) is 7.11 Å². The van der Waals surface area contributed by atoms with Gasteiger partial charge in [0, 0.05) is 19.3 Å². The van der Waals surface area contributed by atoms with Gasteiger partial charge in [-0.25, -0.2) is 0 Å². The molecule has 0 radical (unpaired) electrons. The van der Waals surface area contributed by atoms with Crippen molar-refractivity contribution in [2.24, 2.45) is 0 Å². The van der Waals surface area contributed by atoms with Crippen LogP contribution in [0, 0.1) is 0 Å². The van der Waals surface area contributed by atoms with Gasteiger partial charge in [0.2, 0.25) is 0 Å². The largest absolute Gasteiger partial charge is 0.381 e. The van der Waals surface area contributed by atoms with Gasteiger partial charge in [-0.05, 0) is 65.8 Å². The van der Waals surface area contributed by atoms with E-state index in [4.69, 9.17) is 9.47 Å².